The van der Waals surface area contributed by atoms with Crippen LogP contribution in [-0.4, -0.2) is 41.3 Å². The van der Waals surface area contributed by atoms with Crippen LogP contribution in [0.2, 0.25) is 0 Å². The Hall–Kier alpha value is -3.07. The average molecular weight is 367 g/mol. The summed E-state index contributed by atoms with van der Waals surface area (Å²) in [5.41, 5.74) is 0.757. The number of para-hydroxylation sites is 1. The lowest BCUT2D eigenvalue weighted by molar-refractivity contribution is 0.255. The third kappa shape index (κ3) is 2.99. The van der Waals surface area contributed by atoms with Crippen LogP contribution in [0, 0.1) is 0 Å². The molecular weight excluding hydrogens is 346 g/mol. The molecule has 1 aromatic carbocycles. The Morgan fingerprint density at radius 1 is 1.15 bits per heavy atom. The Morgan fingerprint density at radius 2 is 1.96 bits per heavy atom. The molecule has 0 saturated heterocycles. The molecule has 27 heavy (non-hydrogen) atoms. The first-order valence-electron chi connectivity index (χ1n) is 8.98. The predicted molar refractivity (Wildman–Crippen MR) is 99.3 cm³/mol. The van der Waals surface area contributed by atoms with Gasteiger partial charge < -0.3 is 4.52 Å². The monoisotopic (exact) mass is 367 g/mol. The Bertz CT molecular complexity index is 1160. The Morgan fingerprint density at radius 3 is 2.70 bits per heavy atom. The Kier molecular flexibility index (Phi) is 4.44. The van der Waals surface area contributed by atoms with Crippen LogP contribution in [0.4, 0.5) is 0 Å². The number of aromatic nitrogens is 6. The highest BCUT2D eigenvalue weighted by Gasteiger charge is 2.17. The zero-order valence-electron chi connectivity index (χ0n) is 15.6. The highest BCUT2D eigenvalue weighted by Crippen LogP contribution is 2.16. The van der Waals surface area contributed by atoms with E-state index in [1.807, 2.05) is 54.5 Å². The molecule has 3 aromatic heterocycles. The van der Waals surface area contributed by atoms with Gasteiger partial charge in [-0.25, -0.2) is 0 Å². The fourth-order valence-electron chi connectivity index (χ4n) is 3.23. The van der Waals surface area contributed by atoms with Crippen molar-refractivity contribution in [1.29, 1.82) is 0 Å². The third-order valence-electron chi connectivity index (χ3n) is 4.53. The first-order chi connectivity index (χ1) is 13.1. The van der Waals surface area contributed by atoms with E-state index in [9.17, 15) is 4.79 Å². The molecule has 4 aromatic rings. The lowest BCUT2D eigenvalue weighted by Crippen LogP contribution is -2.24. The van der Waals surface area contributed by atoms with E-state index < -0.39 is 0 Å². The number of benzene rings is 1. The molecule has 0 spiro atoms. The predicted octanol–water partition coefficient (Wildman–Crippen LogP) is 1.64. The molecule has 0 aliphatic heterocycles. The molecule has 4 rings (SSSR count). The summed E-state index contributed by atoms with van der Waals surface area (Å²) >= 11 is 0. The van der Waals surface area contributed by atoms with Gasteiger partial charge in [0.2, 0.25) is 11.7 Å². The molecule has 9 nitrogen and oxygen atoms in total. The van der Waals surface area contributed by atoms with E-state index in [2.05, 4.69) is 20.3 Å². The summed E-state index contributed by atoms with van der Waals surface area (Å²) in [5.74, 6) is 2.57. The fourth-order valence-corrected chi connectivity index (χ4v) is 3.23. The van der Waals surface area contributed by atoms with Gasteiger partial charge in [-0.2, -0.15) is 4.98 Å². The maximum absolute atomic E-state index is 12.7. The number of rotatable bonds is 6. The first kappa shape index (κ1) is 17.3. The van der Waals surface area contributed by atoms with Crippen molar-refractivity contribution in [1.82, 2.24) is 34.2 Å². The second kappa shape index (κ2) is 6.92. The maximum atomic E-state index is 12.7. The molecule has 0 aliphatic carbocycles. The second-order valence-corrected chi connectivity index (χ2v) is 6.45. The number of nitrogens with zero attached hydrogens (tertiary/aromatic N) is 7. The molecule has 3 heterocycles. The van der Waals surface area contributed by atoms with Gasteiger partial charge >= 0.3 is 0 Å². The van der Waals surface area contributed by atoms with Gasteiger partial charge in [0.25, 0.3) is 5.56 Å². The quantitative estimate of drug-likeness (QED) is 0.511. The summed E-state index contributed by atoms with van der Waals surface area (Å²) < 4.78 is 8.85. The van der Waals surface area contributed by atoms with Crippen LogP contribution in [0.3, 0.4) is 0 Å². The number of aryl methyl sites for hydroxylation is 2. The zero-order valence-corrected chi connectivity index (χ0v) is 15.6. The van der Waals surface area contributed by atoms with E-state index >= 15 is 0 Å². The molecule has 9 heteroatoms. The highest BCUT2D eigenvalue weighted by molar-refractivity contribution is 5.80. The van der Waals surface area contributed by atoms with E-state index in [4.69, 9.17) is 4.52 Å². The van der Waals surface area contributed by atoms with Gasteiger partial charge in [-0.3, -0.25) is 18.7 Å². The highest BCUT2D eigenvalue weighted by atomic mass is 16.5. The standard InChI is InChI=1S/C18H21N7O2/c1-4-14-19-16(27-22-14)11-23(3)10-15-20-21-18-24(5-2)17(26)12-8-6-7-9-13(12)25(15)18/h6-9H,4-5,10-11H2,1-3H3. The smallest absolute Gasteiger partial charge is 0.262 e. The molecule has 0 N–H and O–H groups in total. The number of hydrogen-bond donors (Lipinski definition) is 0. The summed E-state index contributed by atoms with van der Waals surface area (Å²) in [7, 11) is 1.95. The summed E-state index contributed by atoms with van der Waals surface area (Å²) in [5, 5.41) is 13.2. The van der Waals surface area contributed by atoms with Gasteiger partial charge in [-0.1, -0.05) is 24.2 Å². The molecule has 140 valence electrons. The van der Waals surface area contributed by atoms with Gasteiger partial charge in [0.1, 0.15) is 0 Å². The molecule has 0 bridgehead atoms. The average Bonchev–Trinajstić information content (AvgIpc) is 3.29. The van der Waals surface area contributed by atoms with Crippen LogP contribution < -0.4 is 5.56 Å². The molecule has 0 amide bonds. The van der Waals surface area contributed by atoms with Crippen LogP contribution >= 0.6 is 0 Å². The van der Waals surface area contributed by atoms with Crippen molar-refractivity contribution in [2.45, 2.75) is 39.9 Å². The van der Waals surface area contributed by atoms with Crippen molar-refractivity contribution in [3.63, 3.8) is 0 Å². The van der Waals surface area contributed by atoms with E-state index in [0.29, 0.717) is 42.5 Å². The minimum Gasteiger partial charge on any atom is -0.338 e. The Labute approximate surface area is 155 Å². The van der Waals surface area contributed by atoms with E-state index in [1.54, 1.807) is 4.57 Å². The number of fused-ring (bicyclic) bond motifs is 3. The fraction of sp³-hybridized carbons (Fsp3) is 0.389. The van der Waals surface area contributed by atoms with Gasteiger partial charge in [-0.15, -0.1) is 10.2 Å². The molecular formula is C18H21N7O2. The normalized spacial score (nSPS) is 11.9. The van der Waals surface area contributed by atoms with Crippen molar-refractivity contribution in [3.05, 3.63) is 52.2 Å². The molecule has 0 atom stereocenters. The van der Waals surface area contributed by atoms with Gasteiger partial charge in [-0.05, 0) is 26.1 Å². The lowest BCUT2D eigenvalue weighted by atomic mass is 10.2. The minimum absolute atomic E-state index is 0.0501. The molecule has 0 radical (unpaired) electrons. The molecule has 0 saturated carbocycles. The van der Waals surface area contributed by atoms with Crippen molar-refractivity contribution < 1.29 is 4.52 Å². The van der Waals surface area contributed by atoms with Crippen molar-refractivity contribution in [3.8, 4) is 0 Å². The number of hydrogen-bond acceptors (Lipinski definition) is 7. The molecule has 0 fully saturated rings. The lowest BCUT2D eigenvalue weighted by Gasteiger charge is -2.14. The Balaban J connectivity index is 1.74. The van der Waals surface area contributed by atoms with Crippen molar-refractivity contribution in [2.75, 3.05) is 7.05 Å². The summed E-state index contributed by atoms with van der Waals surface area (Å²) in [6, 6.07) is 7.53. The van der Waals surface area contributed by atoms with Gasteiger partial charge in [0.05, 0.1) is 24.0 Å². The van der Waals surface area contributed by atoms with Crippen molar-refractivity contribution in [2.24, 2.45) is 0 Å². The topological polar surface area (TPSA) is 94.4 Å². The zero-order chi connectivity index (χ0) is 19.0. The third-order valence-corrected chi connectivity index (χ3v) is 4.53. The van der Waals surface area contributed by atoms with E-state index in [0.717, 1.165) is 17.8 Å². The first-order valence-corrected chi connectivity index (χ1v) is 8.98. The van der Waals surface area contributed by atoms with Crippen LogP contribution in [0.15, 0.2) is 33.6 Å². The van der Waals surface area contributed by atoms with Gasteiger partial charge in [0.15, 0.2) is 11.6 Å². The van der Waals surface area contributed by atoms with Crippen LogP contribution in [0.1, 0.15) is 31.4 Å². The van der Waals surface area contributed by atoms with E-state index in [-0.39, 0.29) is 5.56 Å². The summed E-state index contributed by atoms with van der Waals surface area (Å²) in [6.07, 6.45) is 0.739. The summed E-state index contributed by atoms with van der Waals surface area (Å²) in [6.45, 7) is 5.48. The van der Waals surface area contributed by atoms with Gasteiger partial charge in [0, 0.05) is 13.0 Å². The van der Waals surface area contributed by atoms with Crippen LogP contribution in [-0.2, 0) is 26.1 Å². The molecule has 0 unspecified atom stereocenters. The second-order valence-electron chi connectivity index (χ2n) is 6.45. The minimum atomic E-state index is -0.0501. The maximum Gasteiger partial charge on any atom is 0.262 e. The summed E-state index contributed by atoms with van der Waals surface area (Å²) in [4.78, 5) is 19.1. The SMILES string of the molecule is CCc1noc(CN(C)Cc2nnc3n(CC)c(=O)c4ccccc4n23)n1. The van der Waals surface area contributed by atoms with Crippen LogP contribution in [0.5, 0.6) is 0 Å². The van der Waals surface area contributed by atoms with Crippen LogP contribution in [0.25, 0.3) is 16.7 Å². The van der Waals surface area contributed by atoms with Crippen molar-refractivity contribution >= 4 is 16.7 Å². The van der Waals surface area contributed by atoms with E-state index in [1.165, 1.54) is 0 Å². The molecule has 0 aliphatic rings. The largest absolute Gasteiger partial charge is 0.338 e.